The van der Waals surface area contributed by atoms with Crippen molar-refractivity contribution in [3.05, 3.63) is 29.1 Å². The fourth-order valence-electron chi connectivity index (χ4n) is 1.38. The monoisotopic (exact) mass is 202 g/mol. The van der Waals surface area contributed by atoms with Crippen LogP contribution in [0.2, 0.25) is 0 Å². The van der Waals surface area contributed by atoms with E-state index in [1.54, 1.807) is 7.11 Å². The highest BCUT2D eigenvalue weighted by Crippen LogP contribution is 2.28. The van der Waals surface area contributed by atoms with Crippen LogP contribution in [0.1, 0.15) is 12.5 Å². The first-order valence-corrected chi connectivity index (χ1v) is 5.13. The van der Waals surface area contributed by atoms with Gasteiger partial charge in [0.05, 0.1) is 13.7 Å². The summed E-state index contributed by atoms with van der Waals surface area (Å²) in [4.78, 5) is 0. The third-order valence-corrected chi connectivity index (χ3v) is 1.94. The third kappa shape index (κ3) is 3.39. The van der Waals surface area contributed by atoms with Gasteiger partial charge in [0.1, 0.15) is 15.7 Å². The Hall–Kier alpha value is -1.31. The van der Waals surface area contributed by atoms with Gasteiger partial charge in [0, 0.05) is 0 Å². The molecule has 1 aromatic carbocycles. The first-order valence-electron chi connectivity index (χ1n) is 5.13. The van der Waals surface area contributed by atoms with E-state index in [0.29, 0.717) is 6.61 Å². The lowest BCUT2D eigenvalue weighted by Gasteiger charge is -2.09. The standard InChI is InChI=1S/C11H16B2O2/c1-3-15-10-6-8(7-11(12)13)4-5-9(10)14-2/h4-7H,3,12-13H2,1-2H3. The van der Waals surface area contributed by atoms with E-state index in [-0.39, 0.29) is 0 Å². The molecule has 0 aromatic heterocycles. The topological polar surface area (TPSA) is 18.5 Å². The average molecular weight is 202 g/mol. The van der Waals surface area contributed by atoms with Crippen molar-refractivity contribution in [3.63, 3.8) is 0 Å². The van der Waals surface area contributed by atoms with Crippen molar-refractivity contribution >= 4 is 21.8 Å². The first kappa shape index (κ1) is 11.8. The molecule has 0 aliphatic heterocycles. The zero-order valence-electron chi connectivity index (χ0n) is 9.83. The molecule has 2 nitrogen and oxygen atoms in total. The summed E-state index contributed by atoms with van der Waals surface area (Å²) in [5, 5.41) is 1.27. The molecule has 0 saturated heterocycles. The van der Waals surface area contributed by atoms with Gasteiger partial charge >= 0.3 is 0 Å². The summed E-state index contributed by atoms with van der Waals surface area (Å²) in [7, 11) is 5.80. The molecule has 0 heterocycles. The van der Waals surface area contributed by atoms with Crippen LogP contribution in [0.3, 0.4) is 0 Å². The van der Waals surface area contributed by atoms with Crippen LogP contribution in [0.5, 0.6) is 11.5 Å². The van der Waals surface area contributed by atoms with Crippen LogP contribution in [-0.2, 0) is 0 Å². The van der Waals surface area contributed by atoms with E-state index in [4.69, 9.17) is 9.47 Å². The number of ether oxygens (including phenoxy) is 2. The van der Waals surface area contributed by atoms with Crippen LogP contribution < -0.4 is 9.47 Å². The van der Waals surface area contributed by atoms with Crippen molar-refractivity contribution in [2.45, 2.75) is 6.92 Å². The van der Waals surface area contributed by atoms with Crippen molar-refractivity contribution < 1.29 is 9.47 Å². The zero-order chi connectivity index (χ0) is 11.3. The summed E-state index contributed by atoms with van der Waals surface area (Å²) in [5.41, 5.74) is 1.14. The number of benzene rings is 1. The Balaban J connectivity index is 3.04. The van der Waals surface area contributed by atoms with Crippen LogP contribution in [0.4, 0.5) is 0 Å². The molecule has 0 radical (unpaired) electrons. The van der Waals surface area contributed by atoms with Gasteiger partial charge in [-0.1, -0.05) is 12.1 Å². The molecule has 0 aliphatic carbocycles. The van der Waals surface area contributed by atoms with Gasteiger partial charge in [0.15, 0.2) is 11.5 Å². The van der Waals surface area contributed by atoms with Crippen LogP contribution in [0.25, 0.3) is 6.08 Å². The quantitative estimate of drug-likeness (QED) is 0.667. The lowest BCUT2D eigenvalue weighted by Crippen LogP contribution is -1.95. The van der Waals surface area contributed by atoms with Crippen LogP contribution in [0.15, 0.2) is 23.6 Å². The highest BCUT2D eigenvalue weighted by Gasteiger charge is 2.03. The molecule has 78 valence electrons. The van der Waals surface area contributed by atoms with E-state index in [1.807, 2.05) is 25.1 Å². The molecule has 0 saturated carbocycles. The first-order chi connectivity index (χ1) is 7.17. The maximum atomic E-state index is 5.50. The summed E-state index contributed by atoms with van der Waals surface area (Å²) in [6.45, 7) is 2.61. The Morgan fingerprint density at radius 1 is 1.33 bits per heavy atom. The Labute approximate surface area is 93.1 Å². The molecular formula is C11H16B2O2. The Kier molecular flexibility index (Phi) is 4.35. The van der Waals surface area contributed by atoms with Crippen molar-refractivity contribution in [1.82, 2.24) is 0 Å². The fourth-order valence-corrected chi connectivity index (χ4v) is 1.38. The van der Waals surface area contributed by atoms with Gasteiger partial charge in [-0.3, -0.25) is 0 Å². The number of methoxy groups -OCH3 is 1. The third-order valence-electron chi connectivity index (χ3n) is 1.94. The minimum Gasteiger partial charge on any atom is -0.493 e. The van der Waals surface area contributed by atoms with Gasteiger partial charge in [-0.2, -0.15) is 0 Å². The van der Waals surface area contributed by atoms with Gasteiger partial charge < -0.3 is 9.47 Å². The van der Waals surface area contributed by atoms with Gasteiger partial charge in [0.2, 0.25) is 0 Å². The van der Waals surface area contributed by atoms with E-state index < -0.39 is 0 Å². The molecule has 0 fully saturated rings. The molecule has 0 atom stereocenters. The molecule has 0 amide bonds. The molecule has 0 spiro atoms. The molecule has 0 bridgehead atoms. The highest BCUT2D eigenvalue weighted by atomic mass is 16.5. The average Bonchev–Trinajstić information content (AvgIpc) is 2.18. The van der Waals surface area contributed by atoms with Crippen molar-refractivity contribution in [3.8, 4) is 11.5 Å². The molecule has 1 rings (SSSR count). The molecule has 15 heavy (non-hydrogen) atoms. The maximum Gasteiger partial charge on any atom is 0.161 e. The zero-order valence-corrected chi connectivity index (χ0v) is 9.83. The lowest BCUT2D eigenvalue weighted by molar-refractivity contribution is 0.311. The molecule has 0 aliphatic rings. The fraction of sp³-hybridized carbons (Fsp3) is 0.273. The van der Waals surface area contributed by atoms with E-state index in [0.717, 1.165) is 17.1 Å². The largest absolute Gasteiger partial charge is 0.493 e. The van der Waals surface area contributed by atoms with Gasteiger partial charge in [-0.25, -0.2) is 0 Å². The highest BCUT2D eigenvalue weighted by molar-refractivity contribution is 6.50. The van der Waals surface area contributed by atoms with E-state index >= 15 is 0 Å². The molecule has 1 aromatic rings. The second-order valence-corrected chi connectivity index (χ2v) is 3.56. The minimum absolute atomic E-state index is 0.647. The van der Waals surface area contributed by atoms with E-state index in [1.165, 1.54) is 5.37 Å². The van der Waals surface area contributed by atoms with Gasteiger partial charge in [-0.15, -0.1) is 5.37 Å². The molecule has 4 heteroatoms. The number of hydrogen-bond acceptors (Lipinski definition) is 2. The van der Waals surface area contributed by atoms with Crippen LogP contribution in [-0.4, -0.2) is 29.4 Å². The molecular weight excluding hydrogens is 186 g/mol. The Bertz CT molecular complexity index is 358. The second-order valence-electron chi connectivity index (χ2n) is 3.56. The van der Waals surface area contributed by atoms with Crippen molar-refractivity contribution in [2.24, 2.45) is 0 Å². The van der Waals surface area contributed by atoms with E-state index in [2.05, 4.69) is 21.8 Å². The number of hydrogen-bond donors (Lipinski definition) is 0. The van der Waals surface area contributed by atoms with Crippen LogP contribution in [0, 0.1) is 0 Å². The normalized spacial score (nSPS) is 9.47. The predicted molar refractivity (Wildman–Crippen MR) is 69.2 cm³/mol. The summed E-state index contributed by atoms with van der Waals surface area (Å²) in [6.07, 6.45) is 2.11. The maximum absolute atomic E-state index is 5.50. The summed E-state index contributed by atoms with van der Waals surface area (Å²) in [6, 6.07) is 5.95. The van der Waals surface area contributed by atoms with Gasteiger partial charge in [0.25, 0.3) is 0 Å². The second kappa shape index (κ2) is 5.54. The lowest BCUT2D eigenvalue weighted by atomic mass is 9.77. The Morgan fingerprint density at radius 3 is 2.60 bits per heavy atom. The molecule has 0 N–H and O–H groups in total. The number of rotatable bonds is 4. The molecule has 0 unspecified atom stereocenters. The SMILES string of the molecule is BC(B)=Cc1ccc(OC)c(OCC)c1. The Morgan fingerprint density at radius 2 is 2.07 bits per heavy atom. The van der Waals surface area contributed by atoms with Crippen molar-refractivity contribution in [2.75, 3.05) is 13.7 Å². The van der Waals surface area contributed by atoms with Crippen molar-refractivity contribution in [1.29, 1.82) is 0 Å². The summed E-state index contributed by atoms with van der Waals surface area (Å²) >= 11 is 0. The van der Waals surface area contributed by atoms with Gasteiger partial charge in [-0.05, 0) is 24.6 Å². The summed E-state index contributed by atoms with van der Waals surface area (Å²) < 4.78 is 10.7. The smallest absolute Gasteiger partial charge is 0.161 e. The minimum atomic E-state index is 0.647. The van der Waals surface area contributed by atoms with Crippen LogP contribution >= 0.6 is 0 Å². The van der Waals surface area contributed by atoms with E-state index in [9.17, 15) is 0 Å². The predicted octanol–water partition coefficient (Wildman–Crippen LogP) is 0.658. The summed E-state index contributed by atoms with van der Waals surface area (Å²) in [5.74, 6) is 1.58.